The molecule has 1 aliphatic heterocycles. The largest absolute Gasteiger partial charge is 0.495 e. The van der Waals surface area contributed by atoms with Crippen LogP contribution in [0.2, 0.25) is 0 Å². The van der Waals surface area contributed by atoms with E-state index in [4.69, 9.17) is 14.2 Å². The molecule has 1 aliphatic rings. The van der Waals surface area contributed by atoms with Crippen LogP contribution in [-0.4, -0.2) is 63.3 Å². The minimum Gasteiger partial charge on any atom is -0.495 e. The van der Waals surface area contributed by atoms with Crippen molar-refractivity contribution in [1.29, 1.82) is 0 Å². The minimum absolute atomic E-state index is 0.0337. The van der Waals surface area contributed by atoms with Crippen LogP contribution in [0.25, 0.3) is 10.6 Å². The van der Waals surface area contributed by atoms with Crippen LogP contribution in [-0.2, 0) is 0 Å². The monoisotopic (exact) mass is 453 g/mol. The van der Waals surface area contributed by atoms with Crippen LogP contribution >= 0.6 is 11.3 Å². The Bertz CT molecular complexity index is 1110. The number of hydrogen-bond donors (Lipinski definition) is 0. The van der Waals surface area contributed by atoms with E-state index in [0.29, 0.717) is 29.5 Å². The predicted octanol–water partition coefficient (Wildman–Crippen LogP) is 4.11. The molecule has 0 aliphatic carbocycles. The number of hydrogen-bond acceptors (Lipinski definition) is 7. The van der Waals surface area contributed by atoms with Gasteiger partial charge in [0.25, 0.3) is 5.91 Å². The average Bonchev–Trinajstić information content (AvgIpc) is 3.24. The van der Waals surface area contributed by atoms with Crippen molar-refractivity contribution in [2.24, 2.45) is 0 Å². The van der Waals surface area contributed by atoms with Gasteiger partial charge >= 0.3 is 0 Å². The zero-order valence-electron chi connectivity index (χ0n) is 18.8. The van der Waals surface area contributed by atoms with Crippen molar-refractivity contribution in [2.45, 2.75) is 6.92 Å². The van der Waals surface area contributed by atoms with Gasteiger partial charge in [0.1, 0.15) is 15.6 Å². The van der Waals surface area contributed by atoms with Gasteiger partial charge in [0, 0.05) is 31.7 Å². The van der Waals surface area contributed by atoms with Crippen LogP contribution in [0.15, 0.2) is 42.5 Å². The van der Waals surface area contributed by atoms with E-state index in [-0.39, 0.29) is 5.91 Å². The molecule has 1 saturated heterocycles. The summed E-state index contributed by atoms with van der Waals surface area (Å²) in [7, 11) is 4.89. The van der Waals surface area contributed by atoms with Crippen LogP contribution < -0.4 is 19.1 Å². The summed E-state index contributed by atoms with van der Waals surface area (Å²) < 4.78 is 16.2. The molecule has 168 valence electrons. The van der Waals surface area contributed by atoms with Gasteiger partial charge in [-0.05, 0) is 37.3 Å². The van der Waals surface area contributed by atoms with Crippen molar-refractivity contribution < 1.29 is 19.0 Å². The number of benzene rings is 2. The summed E-state index contributed by atoms with van der Waals surface area (Å²) in [6.45, 7) is 4.71. The molecule has 2 aromatic carbocycles. The number of para-hydroxylation sites is 2. The first-order chi connectivity index (χ1) is 15.5. The molecule has 0 atom stereocenters. The minimum atomic E-state index is 0.0337. The quantitative estimate of drug-likeness (QED) is 0.560. The fraction of sp³-hybridized carbons (Fsp3) is 0.333. The summed E-state index contributed by atoms with van der Waals surface area (Å²) in [5.74, 6) is 2.18. The summed E-state index contributed by atoms with van der Waals surface area (Å²) in [5, 5.41) is 0.791. The highest BCUT2D eigenvalue weighted by Gasteiger charge is 2.27. The Hall–Kier alpha value is -3.26. The van der Waals surface area contributed by atoms with E-state index in [1.54, 1.807) is 21.3 Å². The summed E-state index contributed by atoms with van der Waals surface area (Å²) in [6, 6.07) is 13.7. The molecule has 7 nitrogen and oxygen atoms in total. The predicted molar refractivity (Wildman–Crippen MR) is 127 cm³/mol. The molecule has 32 heavy (non-hydrogen) atoms. The van der Waals surface area contributed by atoms with E-state index in [1.165, 1.54) is 11.3 Å². The highest BCUT2D eigenvalue weighted by Crippen LogP contribution is 2.35. The lowest BCUT2D eigenvalue weighted by Gasteiger charge is -2.36. The standard InChI is InChI=1S/C24H27N3O4S/c1-16-22(32-23(25-16)17-9-10-20(30-3)21(15-17)31-4)24(28)27-13-11-26(12-14-27)18-7-5-6-8-19(18)29-2/h5-10,15H,11-14H2,1-4H3. The average molecular weight is 454 g/mol. The third kappa shape index (κ3) is 4.23. The molecule has 8 heteroatoms. The zero-order valence-corrected chi connectivity index (χ0v) is 19.6. The molecule has 4 rings (SSSR count). The van der Waals surface area contributed by atoms with E-state index in [1.807, 2.05) is 48.2 Å². The van der Waals surface area contributed by atoms with Crippen molar-refractivity contribution in [3.63, 3.8) is 0 Å². The molecule has 1 aromatic heterocycles. The first-order valence-electron chi connectivity index (χ1n) is 10.4. The molecule has 0 unspecified atom stereocenters. The zero-order chi connectivity index (χ0) is 22.7. The molecule has 0 saturated carbocycles. The van der Waals surface area contributed by atoms with Crippen molar-refractivity contribution in [2.75, 3.05) is 52.4 Å². The van der Waals surface area contributed by atoms with Crippen molar-refractivity contribution in [3.05, 3.63) is 53.0 Å². The number of rotatable bonds is 6. The normalized spacial score (nSPS) is 13.8. The van der Waals surface area contributed by atoms with E-state index in [0.717, 1.165) is 40.8 Å². The second kappa shape index (κ2) is 9.48. The number of piperazine rings is 1. The molecule has 0 radical (unpaired) electrons. The van der Waals surface area contributed by atoms with Crippen LogP contribution in [0.4, 0.5) is 5.69 Å². The lowest BCUT2D eigenvalue weighted by molar-refractivity contribution is 0.0750. The number of aromatic nitrogens is 1. The molecule has 3 aromatic rings. The lowest BCUT2D eigenvalue weighted by Crippen LogP contribution is -2.48. The van der Waals surface area contributed by atoms with Crippen LogP contribution in [0, 0.1) is 6.92 Å². The Balaban J connectivity index is 1.49. The number of nitrogens with zero attached hydrogens (tertiary/aromatic N) is 3. The van der Waals surface area contributed by atoms with Crippen LogP contribution in [0.1, 0.15) is 15.4 Å². The summed E-state index contributed by atoms with van der Waals surface area (Å²) in [4.78, 5) is 22.8. The highest BCUT2D eigenvalue weighted by molar-refractivity contribution is 7.17. The second-order valence-electron chi connectivity index (χ2n) is 7.45. The summed E-state index contributed by atoms with van der Waals surface area (Å²) >= 11 is 1.42. The maximum Gasteiger partial charge on any atom is 0.265 e. The van der Waals surface area contributed by atoms with Crippen molar-refractivity contribution >= 4 is 22.9 Å². The molecular formula is C24H27N3O4S. The molecule has 0 N–H and O–H groups in total. The Kier molecular flexibility index (Phi) is 6.50. The van der Waals surface area contributed by atoms with Gasteiger partial charge in [-0.25, -0.2) is 4.98 Å². The van der Waals surface area contributed by atoms with Gasteiger partial charge in [-0.2, -0.15) is 0 Å². The van der Waals surface area contributed by atoms with Crippen molar-refractivity contribution in [1.82, 2.24) is 9.88 Å². The highest BCUT2D eigenvalue weighted by atomic mass is 32.1. The number of amides is 1. The number of carbonyl (C=O) groups excluding carboxylic acids is 1. The summed E-state index contributed by atoms with van der Waals surface area (Å²) in [5.41, 5.74) is 2.71. The second-order valence-corrected chi connectivity index (χ2v) is 8.45. The van der Waals surface area contributed by atoms with Crippen molar-refractivity contribution in [3.8, 4) is 27.8 Å². The smallest absolute Gasteiger partial charge is 0.265 e. The van der Waals surface area contributed by atoms with Gasteiger partial charge in [0.15, 0.2) is 11.5 Å². The fourth-order valence-corrected chi connectivity index (χ4v) is 4.90. The molecule has 0 spiro atoms. The molecule has 1 amide bonds. The molecule has 0 bridgehead atoms. The Labute approximate surface area is 192 Å². The number of carbonyl (C=O) groups is 1. The SMILES string of the molecule is COc1ccc(-c2nc(C)c(C(=O)N3CCN(c4ccccc4OC)CC3)s2)cc1OC. The maximum atomic E-state index is 13.3. The molecule has 2 heterocycles. The number of ether oxygens (including phenoxy) is 3. The Morgan fingerprint density at radius 2 is 1.59 bits per heavy atom. The number of thiazole rings is 1. The number of methoxy groups -OCH3 is 3. The third-order valence-electron chi connectivity index (χ3n) is 5.61. The van der Waals surface area contributed by atoms with Crippen LogP contribution in [0.3, 0.4) is 0 Å². The van der Waals surface area contributed by atoms with Gasteiger partial charge in [-0.15, -0.1) is 11.3 Å². The Morgan fingerprint density at radius 1 is 0.906 bits per heavy atom. The first-order valence-corrected chi connectivity index (χ1v) is 11.2. The van der Waals surface area contributed by atoms with Crippen LogP contribution in [0.5, 0.6) is 17.2 Å². The molecular weight excluding hydrogens is 426 g/mol. The fourth-order valence-electron chi connectivity index (χ4n) is 3.87. The van der Waals surface area contributed by atoms with E-state index < -0.39 is 0 Å². The van der Waals surface area contributed by atoms with Gasteiger partial charge in [0.2, 0.25) is 0 Å². The van der Waals surface area contributed by atoms with Gasteiger partial charge < -0.3 is 24.0 Å². The summed E-state index contributed by atoms with van der Waals surface area (Å²) in [6.07, 6.45) is 0. The third-order valence-corrected chi connectivity index (χ3v) is 6.81. The van der Waals surface area contributed by atoms with E-state index >= 15 is 0 Å². The first kappa shape index (κ1) is 22.0. The topological polar surface area (TPSA) is 64.1 Å². The van der Waals surface area contributed by atoms with E-state index in [9.17, 15) is 4.79 Å². The number of aryl methyl sites for hydroxylation is 1. The number of anilines is 1. The maximum absolute atomic E-state index is 13.3. The van der Waals surface area contributed by atoms with E-state index in [2.05, 4.69) is 16.0 Å². The lowest BCUT2D eigenvalue weighted by atomic mass is 10.2. The Morgan fingerprint density at radius 3 is 2.28 bits per heavy atom. The van der Waals surface area contributed by atoms with Gasteiger partial charge in [-0.1, -0.05) is 12.1 Å². The van der Waals surface area contributed by atoms with Gasteiger partial charge in [0.05, 0.1) is 32.7 Å². The molecule has 1 fully saturated rings. The van der Waals surface area contributed by atoms with Gasteiger partial charge in [-0.3, -0.25) is 4.79 Å².